The molecule has 1 aromatic rings. The van der Waals surface area contributed by atoms with E-state index in [1.807, 2.05) is 5.38 Å². The first-order valence-electron chi connectivity index (χ1n) is 6.04. The Balaban J connectivity index is 1.70. The van der Waals surface area contributed by atoms with E-state index < -0.39 is 5.97 Å². The van der Waals surface area contributed by atoms with Crippen molar-refractivity contribution in [2.75, 3.05) is 0 Å². The molecule has 2 rings (SSSR count). The van der Waals surface area contributed by atoms with Crippen molar-refractivity contribution in [1.82, 2.24) is 10.3 Å². The molecule has 0 bridgehead atoms. The van der Waals surface area contributed by atoms with Gasteiger partial charge in [0, 0.05) is 17.8 Å². The molecule has 0 saturated heterocycles. The molecular weight excluding hydrogens is 252 g/mol. The first-order valence-corrected chi connectivity index (χ1v) is 6.98. The van der Waals surface area contributed by atoms with E-state index in [0.717, 1.165) is 12.1 Å². The van der Waals surface area contributed by atoms with Crippen LogP contribution in [-0.4, -0.2) is 28.0 Å². The van der Waals surface area contributed by atoms with Gasteiger partial charge in [-0.2, -0.15) is 0 Å². The lowest BCUT2D eigenvalue weighted by atomic mass is 10.1. The summed E-state index contributed by atoms with van der Waals surface area (Å²) < 4.78 is 0. The minimum Gasteiger partial charge on any atom is -0.481 e. The molecule has 0 spiro atoms. The number of thiazole rings is 1. The maximum absolute atomic E-state index is 11.7. The highest BCUT2D eigenvalue weighted by Crippen LogP contribution is 2.25. The number of carboxylic acids is 1. The predicted molar refractivity (Wildman–Crippen MR) is 67.3 cm³/mol. The lowest BCUT2D eigenvalue weighted by molar-refractivity contribution is -0.141. The Bertz CT molecular complexity index is 419. The van der Waals surface area contributed by atoms with Crippen LogP contribution in [0.1, 0.15) is 31.4 Å². The number of rotatable bonds is 5. The van der Waals surface area contributed by atoms with Crippen molar-refractivity contribution in [2.45, 2.75) is 38.1 Å². The van der Waals surface area contributed by atoms with Crippen molar-refractivity contribution in [2.24, 2.45) is 5.92 Å². The zero-order valence-corrected chi connectivity index (χ0v) is 10.8. The molecular formula is C12H16N2O3S. The Morgan fingerprint density at radius 2 is 2.33 bits per heavy atom. The smallest absolute Gasteiger partial charge is 0.306 e. The molecule has 1 aliphatic rings. The van der Waals surface area contributed by atoms with Crippen molar-refractivity contribution in [3.05, 3.63) is 16.6 Å². The van der Waals surface area contributed by atoms with Crippen molar-refractivity contribution in [1.29, 1.82) is 0 Å². The van der Waals surface area contributed by atoms with Crippen molar-refractivity contribution >= 4 is 23.2 Å². The van der Waals surface area contributed by atoms with Gasteiger partial charge in [-0.15, -0.1) is 11.3 Å². The number of hydrogen-bond donors (Lipinski definition) is 2. The molecule has 1 heterocycles. The number of nitrogens with zero attached hydrogens (tertiary/aromatic N) is 1. The lowest BCUT2D eigenvalue weighted by Gasteiger charge is -2.11. The second-order valence-corrected chi connectivity index (χ2v) is 5.31. The third kappa shape index (κ3) is 3.53. The lowest BCUT2D eigenvalue weighted by Crippen LogP contribution is -2.33. The second-order valence-electron chi connectivity index (χ2n) is 4.59. The number of aliphatic carboxylic acids is 1. The van der Waals surface area contributed by atoms with Crippen LogP contribution in [0.2, 0.25) is 0 Å². The van der Waals surface area contributed by atoms with Crippen LogP contribution in [0.4, 0.5) is 0 Å². The van der Waals surface area contributed by atoms with E-state index in [-0.39, 0.29) is 17.9 Å². The van der Waals surface area contributed by atoms with Gasteiger partial charge in [-0.05, 0) is 25.7 Å². The largest absolute Gasteiger partial charge is 0.481 e. The van der Waals surface area contributed by atoms with E-state index in [9.17, 15) is 9.59 Å². The molecule has 1 saturated carbocycles. The first kappa shape index (κ1) is 13.0. The van der Waals surface area contributed by atoms with Crippen LogP contribution in [0.3, 0.4) is 0 Å². The Morgan fingerprint density at radius 3 is 2.94 bits per heavy atom. The first-order chi connectivity index (χ1) is 8.65. The molecule has 1 aromatic heterocycles. The van der Waals surface area contributed by atoms with Gasteiger partial charge >= 0.3 is 5.97 Å². The highest BCUT2D eigenvalue weighted by atomic mass is 32.1. The van der Waals surface area contributed by atoms with Crippen molar-refractivity contribution < 1.29 is 14.7 Å². The third-order valence-corrected chi connectivity index (χ3v) is 3.87. The summed E-state index contributed by atoms with van der Waals surface area (Å²) in [7, 11) is 0. The van der Waals surface area contributed by atoms with Crippen LogP contribution < -0.4 is 5.32 Å². The fourth-order valence-corrected chi connectivity index (χ4v) is 2.83. The highest BCUT2D eigenvalue weighted by molar-refractivity contribution is 7.07. The summed E-state index contributed by atoms with van der Waals surface area (Å²) in [5.41, 5.74) is 2.69. The van der Waals surface area contributed by atoms with Crippen LogP contribution in [0, 0.1) is 5.92 Å². The molecule has 0 aliphatic heterocycles. The van der Waals surface area contributed by atoms with E-state index in [1.54, 1.807) is 5.51 Å². The Morgan fingerprint density at radius 1 is 1.50 bits per heavy atom. The zero-order valence-electron chi connectivity index (χ0n) is 9.96. The molecule has 0 aromatic carbocycles. The van der Waals surface area contributed by atoms with E-state index in [0.29, 0.717) is 25.7 Å². The monoisotopic (exact) mass is 268 g/mol. The molecule has 18 heavy (non-hydrogen) atoms. The standard InChI is InChI=1S/C12H16N2O3S/c15-11(4-3-10-6-18-7-13-10)14-9-2-1-8(5-9)12(16)17/h6-9H,1-5H2,(H,14,15)(H,16,17)/t8-,9+/m1/s1. The Labute approximate surface area is 109 Å². The van der Waals surface area contributed by atoms with Crippen LogP contribution in [-0.2, 0) is 16.0 Å². The quantitative estimate of drug-likeness (QED) is 0.847. The minimum atomic E-state index is -0.755. The summed E-state index contributed by atoms with van der Waals surface area (Å²) in [6, 6.07) is 0.0223. The zero-order chi connectivity index (χ0) is 13.0. The average Bonchev–Trinajstić information content (AvgIpc) is 2.96. The van der Waals surface area contributed by atoms with Gasteiger partial charge in [-0.25, -0.2) is 4.98 Å². The van der Waals surface area contributed by atoms with Gasteiger partial charge < -0.3 is 10.4 Å². The maximum atomic E-state index is 11.7. The van der Waals surface area contributed by atoms with Gasteiger partial charge in [0.05, 0.1) is 17.1 Å². The summed E-state index contributed by atoms with van der Waals surface area (Å²) in [5.74, 6) is -1.07. The summed E-state index contributed by atoms with van der Waals surface area (Å²) in [5, 5.41) is 13.7. The molecule has 1 fully saturated rings. The molecule has 1 amide bonds. The Kier molecular flexibility index (Phi) is 4.30. The molecule has 6 heteroatoms. The fourth-order valence-electron chi connectivity index (χ4n) is 2.24. The van der Waals surface area contributed by atoms with Crippen LogP contribution in [0.25, 0.3) is 0 Å². The summed E-state index contributed by atoms with van der Waals surface area (Å²) in [6.07, 6.45) is 3.03. The van der Waals surface area contributed by atoms with Crippen molar-refractivity contribution in [3.8, 4) is 0 Å². The molecule has 2 atom stereocenters. The third-order valence-electron chi connectivity index (χ3n) is 3.24. The molecule has 2 N–H and O–H groups in total. The number of carboxylic acid groups (broad SMARTS) is 1. The number of carbonyl (C=O) groups excluding carboxylic acids is 1. The van der Waals surface area contributed by atoms with Crippen LogP contribution in [0.5, 0.6) is 0 Å². The summed E-state index contributed by atoms with van der Waals surface area (Å²) in [4.78, 5) is 26.6. The molecule has 98 valence electrons. The van der Waals surface area contributed by atoms with Gasteiger partial charge in [0.2, 0.25) is 5.91 Å². The van der Waals surface area contributed by atoms with E-state index in [4.69, 9.17) is 5.11 Å². The topological polar surface area (TPSA) is 79.3 Å². The number of nitrogens with one attached hydrogen (secondary N) is 1. The number of aryl methyl sites for hydroxylation is 1. The predicted octanol–water partition coefficient (Wildman–Crippen LogP) is 1.45. The summed E-state index contributed by atoms with van der Waals surface area (Å²) >= 11 is 1.52. The number of carbonyl (C=O) groups is 2. The number of hydrogen-bond acceptors (Lipinski definition) is 4. The molecule has 1 aliphatic carbocycles. The van der Waals surface area contributed by atoms with E-state index in [2.05, 4.69) is 10.3 Å². The normalized spacial score (nSPS) is 22.9. The minimum absolute atomic E-state index is 0.0148. The van der Waals surface area contributed by atoms with Crippen LogP contribution in [0.15, 0.2) is 10.9 Å². The van der Waals surface area contributed by atoms with Crippen molar-refractivity contribution in [3.63, 3.8) is 0 Å². The van der Waals surface area contributed by atoms with Gasteiger partial charge in [0.15, 0.2) is 0 Å². The molecule has 5 nitrogen and oxygen atoms in total. The van der Waals surface area contributed by atoms with Gasteiger partial charge in [-0.1, -0.05) is 0 Å². The summed E-state index contributed by atoms with van der Waals surface area (Å²) in [6.45, 7) is 0. The molecule has 0 unspecified atom stereocenters. The van der Waals surface area contributed by atoms with Gasteiger partial charge in [0.25, 0.3) is 0 Å². The Hall–Kier alpha value is -1.43. The second kappa shape index (κ2) is 5.95. The average molecular weight is 268 g/mol. The number of aromatic nitrogens is 1. The van der Waals surface area contributed by atoms with Gasteiger partial charge in [-0.3, -0.25) is 9.59 Å². The maximum Gasteiger partial charge on any atom is 0.306 e. The SMILES string of the molecule is O=C(CCc1cscn1)N[C@H]1CC[C@@H](C(=O)O)C1. The van der Waals surface area contributed by atoms with E-state index >= 15 is 0 Å². The fraction of sp³-hybridized carbons (Fsp3) is 0.583. The van der Waals surface area contributed by atoms with Crippen LogP contribution >= 0.6 is 11.3 Å². The van der Waals surface area contributed by atoms with Gasteiger partial charge in [0.1, 0.15) is 0 Å². The van der Waals surface area contributed by atoms with E-state index in [1.165, 1.54) is 11.3 Å². The molecule has 0 radical (unpaired) electrons. The highest BCUT2D eigenvalue weighted by Gasteiger charge is 2.30. The number of amides is 1.